The Hall–Kier alpha value is -2.54. The predicted molar refractivity (Wildman–Crippen MR) is 87.1 cm³/mol. The maximum atomic E-state index is 13.8. The molecule has 0 saturated carbocycles. The van der Waals surface area contributed by atoms with Crippen LogP contribution in [0.2, 0.25) is 0 Å². The van der Waals surface area contributed by atoms with Gasteiger partial charge in [-0.15, -0.1) is 0 Å². The summed E-state index contributed by atoms with van der Waals surface area (Å²) in [6, 6.07) is 3.92. The van der Waals surface area contributed by atoms with Crippen molar-refractivity contribution in [3.8, 4) is 0 Å². The molecule has 24 heavy (non-hydrogen) atoms. The van der Waals surface area contributed by atoms with E-state index >= 15 is 0 Å². The molecule has 3 saturated heterocycles. The molecule has 6 heterocycles. The number of hydrogen-bond donors (Lipinski definition) is 0. The van der Waals surface area contributed by atoms with E-state index in [0.29, 0.717) is 24.3 Å². The maximum Gasteiger partial charge on any atom is 0.180 e. The van der Waals surface area contributed by atoms with E-state index in [2.05, 4.69) is 24.8 Å². The van der Waals surface area contributed by atoms with Gasteiger partial charge in [-0.2, -0.15) is 0 Å². The molecule has 7 heteroatoms. The molecule has 3 aliphatic heterocycles. The number of piperidine rings is 1. The Balaban J connectivity index is 1.36. The maximum absolute atomic E-state index is 13.8. The van der Waals surface area contributed by atoms with Gasteiger partial charge in [-0.3, -0.25) is 9.88 Å². The molecule has 6 nitrogen and oxygen atoms in total. The molecule has 3 fully saturated rings. The van der Waals surface area contributed by atoms with Gasteiger partial charge in [0.05, 0.1) is 5.69 Å². The molecule has 3 aliphatic rings. The van der Waals surface area contributed by atoms with Gasteiger partial charge in [0.2, 0.25) is 0 Å². The Morgan fingerprint density at radius 3 is 2.62 bits per heavy atom. The summed E-state index contributed by atoms with van der Waals surface area (Å²) >= 11 is 0. The lowest BCUT2D eigenvalue weighted by molar-refractivity contribution is 0.105. The average Bonchev–Trinajstić information content (AvgIpc) is 3.07. The zero-order chi connectivity index (χ0) is 16.1. The van der Waals surface area contributed by atoms with Crippen LogP contribution in [0.5, 0.6) is 0 Å². The molecule has 3 aromatic heterocycles. The van der Waals surface area contributed by atoms with Crippen molar-refractivity contribution in [2.75, 3.05) is 18.0 Å². The Bertz CT molecular complexity index is 881. The zero-order valence-electron chi connectivity index (χ0n) is 13.1. The highest BCUT2D eigenvalue weighted by molar-refractivity contribution is 5.66. The van der Waals surface area contributed by atoms with Gasteiger partial charge in [-0.05, 0) is 18.6 Å². The number of rotatable bonds is 3. The second-order valence-corrected chi connectivity index (χ2v) is 6.49. The summed E-state index contributed by atoms with van der Waals surface area (Å²) < 4.78 is 15.8. The van der Waals surface area contributed by atoms with Gasteiger partial charge in [0.25, 0.3) is 0 Å². The fourth-order valence-electron chi connectivity index (χ4n) is 3.94. The van der Waals surface area contributed by atoms with E-state index in [-0.39, 0.29) is 5.82 Å². The monoisotopic (exact) mass is 324 g/mol. The Morgan fingerprint density at radius 2 is 1.83 bits per heavy atom. The van der Waals surface area contributed by atoms with Crippen LogP contribution in [0.3, 0.4) is 0 Å². The average molecular weight is 324 g/mol. The highest BCUT2D eigenvalue weighted by Gasteiger charge is 2.46. The third kappa shape index (κ3) is 2.08. The number of imidazole rings is 1. The van der Waals surface area contributed by atoms with Gasteiger partial charge in [0, 0.05) is 62.7 Å². The Kier molecular flexibility index (Phi) is 3.02. The molecule has 0 aromatic carbocycles. The van der Waals surface area contributed by atoms with E-state index < -0.39 is 0 Å². The van der Waals surface area contributed by atoms with Crippen LogP contribution in [0, 0.1) is 5.82 Å². The van der Waals surface area contributed by atoms with Gasteiger partial charge < -0.3 is 9.30 Å². The van der Waals surface area contributed by atoms with Crippen molar-refractivity contribution in [2.45, 2.75) is 25.0 Å². The molecule has 0 aliphatic carbocycles. The molecule has 2 bridgehead atoms. The molecule has 122 valence electrons. The van der Waals surface area contributed by atoms with Crippen molar-refractivity contribution >= 4 is 11.5 Å². The van der Waals surface area contributed by atoms with Crippen molar-refractivity contribution in [1.82, 2.24) is 24.3 Å². The van der Waals surface area contributed by atoms with Crippen LogP contribution < -0.4 is 4.90 Å². The van der Waals surface area contributed by atoms with Crippen LogP contribution in [-0.2, 0) is 6.54 Å². The van der Waals surface area contributed by atoms with E-state index in [9.17, 15) is 4.39 Å². The number of halogens is 1. The molecular weight excluding hydrogens is 307 g/mol. The molecule has 0 N–H and O–H groups in total. The molecule has 2 unspecified atom stereocenters. The minimum absolute atomic E-state index is 0.225. The van der Waals surface area contributed by atoms with Crippen molar-refractivity contribution in [2.24, 2.45) is 0 Å². The summed E-state index contributed by atoms with van der Waals surface area (Å²) in [6.45, 7) is 2.36. The summed E-state index contributed by atoms with van der Waals surface area (Å²) in [7, 11) is 0. The highest BCUT2D eigenvalue weighted by atomic mass is 19.1. The minimum atomic E-state index is -0.225. The summed E-state index contributed by atoms with van der Waals surface area (Å²) in [5.41, 5.74) is 1.43. The summed E-state index contributed by atoms with van der Waals surface area (Å²) in [6.07, 6.45) is 10.3. The lowest BCUT2D eigenvalue weighted by Gasteiger charge is -2.56. The molecule has 3 aromatic rings. The number of hydrogen-bond acceptors (Lipinski definition) is 5. The van der Waals surface area contributed by atoms with Crippen LogP contribution in [0.1, 0.15) is 12.1 Å². The van der Waals surface area contributed by atoms with Crippen LogP contribution in [-0.4, -0.2) is 49.4 Å². The van der Waals surface area contributed by atoms with E-state index in [1.807, 2.05) is 23.0 Å². The van der Waals surface area contributed by atoms with Gasteiger partial charge in [0.1, 0.15) is 5.82 Å². The molecular formula is C17H17FN6. The first-order chi connectivity index (χ1) is 11.8. The lowest BCUT2D eigenvalue weighted by Crippen LogP contribution is -2.69. The fraction of sp³-hybridized carbons (Fsp3) is 0.353. The predicted octanol–water partition coefficient (Wildman–Crippen LogP) is 1.73. The van der Waals surface area contributed by atoms with Gasteiger partial charge >= 0.3 is 0 Å². The number of anilines is 1. The van der Waals surface area contributed by atoms with Crippen LogP contribution in [0.25, 0.3) is 5.65 Å². The second-order valence-electron chi connectivity index (χ2n) is 6.49. The topological polar surface area (TPSA) is 49.6 Å². The largest absolute Gasteiger partial charge is 0.345 e. The first-order valence-electron chi connectivity index (χ1n) is 8.17. The summed E-state index contributed by atoms with van der Waals surface area (Å²) in [4.78, 5) is 17.8. The van der Waals surface area contributed by atoms with Gasteiger partial charge in [-0.25, -0.2) is 14.4 Å². The molecule has 0 amide bonds. The first-order valence-corrected chi connectivity index (χ1v) is 8.17. The molecule has 2 atom stereocenters. The van der Waals surface area contributed by atoms with Crippen LogP contribution >= 0.6 is 0 Å². The van der Waals surface area contributed by atoms with E-state index in [1.165, 1.54) is 6.07 Å². The zero-order valence-corrected chi connectivity index (χ0v) is 13.1. The van der Waals surface area contributed by atoms with Crippen LogP contribution in [0.15, 0.2) is 43.1 Å². The van der Waals surface area contributed by atoms with E-state index in [0.717, 1.165) is 31.0 Å². The van der Waals surface area contributed by atoms with Crippen LogP contribution in [0.4, 0.5) is 10.2 Å². The molecule has 6 rings (SSSR count). The van der Waals surface area contributed by atoms with Gasteiger partial charge in [-0.1, -0.05) is 0 Å². The normalized spacial score (nSPS) is 23.5. The Labute approximate surface area is 138 Å². The van der Waals surface area contributed by atoms with Crippen molar-refractivity contribution in [3.63, 3.8) is 0 Å². The fourth-order valence-corrected chi connectivity index (χ4v) is 3.94. The third-order valence-corrected chi connectivity index (χ3v) is 5.01. The third-order valence-electron chi connectivity index (χ3n) is 5.01. The van der Waals surface area contributed by atoms with Gasteiger partial charge in [0.15, 0.2) is 11.5 Å². The quantitative estimate of drug-likeness (QED) is 0.734. The number of pyridine rings is 1. The smallest absolute Gasteiger partial charge is 0.180 e. The number of aromatic nitrogens is 4. The molecule has 0 spiro atoms. The second kappa shape index (κ2) is 5.24. The number of piperazine rings is 1. The van der Waals surface area contributed by atoms with Crippen molar-refractivity contribution in [3.05, 3.63) is 54.6 Å². The van der Waals surface area contributed by atoms with Crippen molar-refractivity contribution < 1.29 is 4.39 Å². The SMILES string of the molecule is Fc1cccnc1CN1CC2CC(C1)N2c1nccn2ccnc12. The standard InChI is InChI=1S/C17H17FN6/c18-14-2-1-3-19-15(14)11-22-9-12-8-13(10-22)24(12)17-16-20-4-6-23(16)7-5-21-17/h1-7,12-13H,8-11H2. The number of fused-ring (bicyclic) bond motifs is 3. The minimum Gasteiger partial charge on any atom is -0.345 e. The Morgan fingerprint density at radius 1 is 1.04 bits per heavy atom. The van der Waals surface area contributed by atoms with Crippen molar-refractivity contribution in [1.29, 1.82) is 0 Å². The van der Waals surface area contributed by atoms with E-state index in [4.69, 9.17) is 0 Å². The van der Waals surface area contributed by atoms with E-state index in [1.54, 1.807) is 18.5 Å². The lowest BCUT2D eigenvalue weighted by atomic mass is 9.87. The summed E-state index contributed by atoms with van der Waals surface area (Å²) in [5, 5.41) is 0. The molecule has 0 radical (unpaired) electrons. The number of nitrogens with zero attached hydrogens (tertiary/aromatic N) is 6. The highest BCUT2D eigenvalue weighted by Crippen LogP contribution is 2.37. The first kappa shape index (κ1) is 13.9. The summed E-state index contributed by atoms with van der Waals surface area (Å²) in [5.74, 6) is 0.727.